The molecule has 6 heteroatoms. The summed E-state index contributed by atoms with van der Waals surface area (Å²) < 4.78 is 5.35. The van der Waals surface area contributed by atoms with E-state index in [0.29, 0.717) is 30.9 Å². The van der Waals surface area contributed by atoms with Crippen LogP contribution >= 0.6 is 11.3 Å². The van der Waals surface area contributed by atoms with Gasteiger partial charge in [-0.05, 0) is 38.2 Å². The molecular formula is C22H26N2O3S. The number of carbonyl (C=O) groups excluding carboxylic acids is 2. The maximum atomic E-state index is 13.3. The number of hydrogen-bond acceptors (Lipinski definition) is 5. The number of nitrogens with one attached hydrogen (secondary N) is 1. The highest BCUT2D eigenvalue weighted by Crippen LogP contribution is 2.39. The molecule has 1 fully saturated rings. The van der Waals surface area contributed by atoms with Crippen LogP contribution in [0.4, 0.5) is 5.00 Å². The summed E-state index contributed by atoms with van der Waals surface area (Å²) in [5.41, 5.74) is 3.66. The van der Waals surface area contributed by atoms with Crippen LogP contribution in [0.2, 0.25) is 0 Å². The first-order valence-electron chi connectivity index (χ1n) is 9.97. The summed E-state index contributed by atoms with van der Waals surface area (Å²) in [6, 6.07) is 7.68. The van der Waals surface area contributed by atoms with Crippen LogP contribution in [0.1, 0.15) is 44.8 Å². The molecule has 148 valence electrons. The summed E-state index contributed by atoms with van der Waals surface area (Å²) in [5.74, 6) is -0.0421. The van der Waals surface area contributed by atoms with Gasteiger partial charge in [0, 0.05) is 23.5 Å². The summed E-state index contributed by atoms with van der Waals surface area (Å²) in [5, 5.41) is 3.77. The van der Waals surface area contributed by atoms with Crippen LogP contribution in [0.15, 0.2) is 24.3 Å². The van der Waals surface area contributed by atoms with Gasteiger partial charge in [0.15, 0.2) is 5.78 Å². The van der Waals surface area contributed by atoms with Crippen LogP contribution in [0, 0.1) is 6.92 Å². The third-order valence-electron chi connectivity index (χ3n) is 5.44. The van der Waals surface area contributed by atoms with E-state index in [1.807, 2.05) is 31.2 Å². The highest BCUT2D eigenvalue weighted by atomic mass is 32.1. The third-order valence-corrected chi connectivity index (χ3v) is 6.64. The Hall–Kier alpha value is -2.02. The van der Waals surface area contributed by atoms with Crippen molar-refractivity contribution in [3.8, 4) is 0 Å². The van der Waals surface area contributed by atoms with Crippen LogP contribution in [-0.2, 0) is 22.4 Å². The Morgan fingerprint density at radius 1 is 1.11 bits per heavy atom. The average molecular weight is 399 g/mol. The standard InChI is InChI=1S/C22H26N2O3S/c1-15-6-8-16(9-7-15)21(26)20-17-4-2-3-5-18(17)28-22(20)23-19(25)14-24-10-12-27-13-11-24/h6-9H,2-5,10-14H2,1H3,(H,23,25). The number of carbonyl (C=O) groups is 2. The lowest BCUT2D eigenvalue weighted by atomic mass is 9.91. The summed E-state index contributed by atoms with van der Waals surface area (Å²) in [6.45, 7) is 5.21. The Morgan fingerprint density at radius 3 is 2.57 bits per heavy atom. The van der Waals surface area contributed by atoms with Gasteiger partial charge >= 0.3 is 0 Å². The van der Waals surface area contributed by atoms with E-state index in [1.54, 1.807) is 11.3 Å². The minimum atomic E-state index is -0.0570. The smallest absolute Gasteiger partial charge is 0.239 e. The zero-order valence-electron chi connectivity index (χ0n) is 16.3. The Labute approximate surface area is 169 Å². The molecule has 28 heavy (non-hydrogen) atoms. The molecule has 2 aromatic rings. The van der Waals surface area contributed by atoms with Crippen molar-refractivity contribution in [3.63, 3.8) is 0 Å². The zero-order chi connectivity index (χ0) is 19.5. The first-order chi connectivity index (χ1) is 13.6. The fourth-order valence-corrected chi connectivity index (χ4v) is 5.17. The largest absolute Gasteiger partial charge is 0.379 e. The number of benzene rings is 1. The van der Waals surface area contributed by atoms with Crippen molar-refractivity contribution in [3.05, 3.63) is 51.4 Å². The lowest BCUT2D eigenvalue weighted by Crippen LogP contribution is -2.41. The van der Waals surface area contributed by atoms with E-state index in [4.69, 9.17) is 4.74 Å². The number of aryl methyl sites for hydroxylation is 2. The topological polar surface area (TPSA) is 58.6 Å². The van der Waals surface area contributed by atoms with Gasteiger partial charge in [-0.3, -0.25) is 14.5 Å². The molecule has 1 aromatic carbocycles. The molecule has 0 saturated carbocycles. The Bertz CT molecular complexity index is 867. The molecule has 2 aliphatic rings. The van der Waals surface area contributed by atoms with E-state index in [-0.39, 0.29) is 11.7 Å². The molecule has 1 saturated heterocycles. The van der Waals surface area contributed by atoms with Crippen molar-refractivity contribution in [2.45, 2.75) is 32.6 Å². The Morgan fingerprint density at radius 2 is 1.82 bits per heavy atom. The molecule has 1 N–H and O–H groups in total. The number of fused-ring (bicyclic) bond motifs is 1. The van der Waals surface area contributed by atoms with Crippen LogP contribution in [0.25, 0.3) is 0 Å². The summed E-state index contributed by atoms with van der Waals surface area (Å²) in [4.78, 5) is 29.3. The van der Waals surface area contributed by atoms with Crippen molar-refractivity contribution < 1.29 is 14.3 Å². The zero-order valence-corrected chi connectivity index (χ0v) is 17.1. The van der Waals surface area contributed by atoms with E-state index in [9.17, 15) is 9.59 Å². The van der Waals surface area contributed by atoms with Gasteiger partial charge in [0.25, 0.3) is 0 Å². The molecule has 0 atom stereocenters. The summed E-state index contributed by atoms with van der Waals surface area (Å²) in [6.07, 6.45) is 4.15. The predicted octanol–water partition coefficient (Wildman–Crippen LogP) is 3.44. The molecular weight excluding hydrogens is 372 g/mol. The second-order valence-electron chi connectivity index (χ2n) is 7.55. The number of anilines is 1. The highest BCUT2D eigenvalue weighted by molar-refractivity contribution is 7.17. The molecule has 0 radical (unpaired) electrons. The van der Waals surface area contributed by atoms with Gasteiger partial charge in [-0.25, -0.2) is 0 Å². The number of ketones is 1. The normalized spacial score (nSPS) is 17.2. The van der Waals surface area contributed by atoms with Crippen LogP contribution < -0.4 is 5.32 Å². The minimum absolute atomic E-state index is 0.0149. The fourth-order valence-electron chi connectivity index (χ4n) is 3.87. The molecule has 0 bridgehead atoms. The number of amides is 1. The van der Waals surface area contributed by atoms with Gasteiger partial charge in [-0.1, -0.05) is 29.8 Å². The molecule has 1 aliphatic carbocycles. The van der Waals surface area contributed by atoms with E-state index < -0.39 is 0 Å². The average Bonchev–Trinajstić information content (AvgIpc) is 3.06. The second kappa shape index (κ2) is 8.55. The minimum Gasteiger partial charge on any atom is -0.379 e. The molecule has 0 unspecified atom stereocenters. The van der Waals surface area contributed by atoms with Crippen molar-refractivity contribution in [1.29, 1.82) is 0 Å². The maximum absolute atomic E-state index is 13.3. The maximum Gasteiger partial charge on any atom is 0.239 e. The monoisotopic (exact) mass is 398 g/mol. The molecule has 1 amide bonds. The third kappa shape index (κ3) is 4.19. The Kier molecular flexibility index (Phi) is 5.90. The number of hydrogen-bond donors (Lipinski definition) is 1. The molecule has 0 spiro atoms. The van der Waals surface area contributed by atoms with Crippen LogP contribution in [0.3, 0.4) is 0 Å². The highest BCUT2D eigenvalue weighted by Gasteiger charge is 2.27. The van der Waals surface area contributed by atoms with Gasteiger partial charge in [-0.2, -0.15) is 0 Å². The molecule has 2 heterocycles. The Balaban J connectivity index is 1.59. The molecule has 5 nitrogen and oxygen atoms in total. The van der Waals surface area contributed by atoms with Crippen molar-refractivity contribution >= 4 is 28.0 Å². The van der Waals surface area contributed by atoms with E-state index in [0.717, 1.165) is 54.9 Å². The first kappa shape index (κ1) is 19.3. The summed E-state index contributed by atoms with van der Waals surface area (Å²) in [7, 11) is 0. The van der Waals surface area contributed by atoms with Crippen molar-refractivity contribution in [2.75, 3.05) is 38.2 Å². The fraction of sp³-hybridized carbons (Fsp3) is 0.455. The number of morpholine rings is 1. The second-order valence-corrected chi connectivity index (χ2v) is 8.65. The van der Waals surface area contributed by atoms with Crippen molar-refractivity contribution in [1.82, 2.24) is 4.90 Å². The lowest BCUT2D eigenvalue weighted by molar-refractivity contribution is -0.118. The van der Waals surface area contributed by atoms with Gasteiger partial charge in [0.2, 0.25) is 5.91 Å². The predicted molar refractivity (Wildman–Crippen MR) is 111 cm³/mol. The number of ether oxygens (including phenoxy) is 1. The number of thiophene rings is 1. The van der Waals surface area contributed by atoms with Gasteiger partial charge in [-0.15, -0.1) is 11.3 Å². The van der Waals surface area contributed by atoms with Crippen LogP contribution in [-0.4, -0.2) is 49.4 Å². The molecule has 1 aliphatic heterocycles. The number of rotatable bonds is 5. The lowest BCUT2D eigenvalue weighted by Gasteiger charge is -2.25. The van der Waals surface area contributed by atoms with E-state index in [1.165, 1.54) is 4.88 Å². The SMILES string of the molecule is Cc1ccc(C(=O)c2c(NC(=O)CN3CCOCC3)sc3c2CCCC3)cc1. The van der Waals surface area contributed by atoms with Gasteiger partial charge in [0.05, 0.1) is 25.3 Å². The first-order valence-corrected chi connectivity index (χ1v) is 10.8. The van der Waals surface area contributed by atoms with Crippen molar-refractivity contribution in [2.24, 2.45) is 0 Å². The van der Waals surface area contributed by atoms with Crippen LogP contribution in [0.5, 0.6) is 0 Å². The number of nitrogens with zero attached hydrogens (tertiary/aromatic N) is 1. The quantitative estimate of drug-likeness (QED) is 0.784. The van der Waals surface area contributed by atoms with E-state index in [2.05, 4.69) is 10.2 Å². The van der Waals surface area contributed by atoms with Gasteiger partial charge < -0.3 is 10.1 Å². The molecule has 4 rings (SSSR count). The molecule has 1 aromatic heterocycles. The summed E-state index contributed by atoms with van der Waals surface area (Å²) >= 11 is 1.58. The van der Waals surface area contributed by atoms with Gasteiger partial charge in [0.1, 0.15) is 5.00 Å². The van der Waals surface area contributed by atoms with E-state index >= 15 is 0 Å².